The Morgan fingerprint density at radius 1 is 1.33 bits per heavy atom. The number of hydrogen-bond acceptors (Lipinski definition) is 6. The van der Waals surface area contributed by atoms with Crippen LogP contribution in [-0.4, -0.2) is 67.0 Å². The molecule has 21 heavy (non-hydrogen) atoms. The molecule has 7 heteroatoms. The fourth-order valence-corrected chi connectivity index (χ4v) is 1.93. The number of hydrogen-bond donors (Lipinski definition) is 0. The number of ether oxygens (including phenoxy) is 2. The van der Waals surface area contributed by atoms with Crippen LogP contribution in [0.15, 0.2) is 11.8 Å². The van der Waals surface area contributed by atoms with Crippen molar-refractivity contribution in [2.75, 3.05) is 27.7 Å². The summed E-state index contributed by atoms with van der Waals surface area (Å²) in [6.45, 7) is 4.94. The maximum absolute atomic E-state index is 12.2. The summed E-state index contributed by atoms with van der Waals surface area (Å²) in [7, 11) is 4.67. The highest BCUT2D eigenvalue weighted by molar-refractivity contribution is 6.09. The Kier molecular flexibility index (Phi) is 4.98. The summed E-state index contributed by atoms with van der Waals surface area (Å²) in [6.07, 6.45) is 0.808. The number of Topliss-reactive ketones (excluding diaryl/α,β-unsaturated/α-hetero) is 1. The molecule has 1 saturated heterocycles. The molecule has 1 amide bonds. The molecule has 1 aliphatic heterocycles. The van der Waals surface area contributed by atoms with E-state index in [1.807, 2.05) is 0 Å². The number of likely N-dealkylation sites (tertiary alicyclic amines) is 1. The Morgan fingerprint density at radius 2 is 1.90 bits per heavy atom. The van der Waals surface area contributed by atoms with Gasteiger partial charge in [-0.25, -0.2) is 9.59 Å². The molecule has 1 fully saturated rings. The molecule has 0 spiro atoms. The standard InChI is InChI=1S/C14H22N2O5/c1-14(2,3)21-13(19)16-8-10(17)9(7-15(4)5)11(16)12(18)20-6/h7,11H,8H2,1-6H3/t11-/m1/s1. The smallest absolute Gasteiger partial charge is 0.411 e. The minimum atomic E-state index is -1.07. The normalized spacial score (nSPS) is 20.7. The van der Waals surface area contributed by atoms with E-state index in [9.17, 15) is 14.4 Å². The summed E-state index contributed by atoms with van der Waals surface area (Å²) in [6, 6.07) is -1.07. The molecule has 0 aliphatic carbocycles. The molecule has 0 N–H and O–H groups in total. The van der Waals surface area contributed by atoms with E-state index < -0.39 is 23.7 Å². The first-order valence-electron chi connectivity index (χ1n) is 6.55. The number of nitrogens with zero attached hydrogens (tertiary/aromatic N) is 2. The minimum absolute atomic E-state index is 0.200. The van der Waals surface area contributed by atoms with Gasteiger partial charge in [0.1, 0.15) is 5.60 Å². The molecule has 0 aromatic rings. The lowest BCUT2D eigenvalue weighted by Gasteiger charge is -2.27. The Labute approximate surface area is 124 Å². The van der Waals surface area contributed by atoms with Gasteiger partial charge in [0.25, 0.3) is 0 Å². The van der Waals surface area contributed by atoms with Crippen LogP contribution in [0.25, 0.3) is 0 Å². The van der Waals surface area contributed by atoms with E-state index in [0.717, 1.165) is 4.90 Å². The average Bonchev–Trinajstić information content (AvgIpc) is 2.63. The number of ketones is 1. The van der Waals surface area contributed by atoms with Crippen molar-refractivity contribution in [1.82, 2.24) is 9.80 Å². The van der Waals surface area contributed by atoms with Gasteiger partial charge < -0.3 is 14.4 Å². The average molecular weight is 298 g/mol. The SMILES string of the molecule is COC(=O)[C@H]1C(=CN(C)C)C(=O)CN1C(=O)OC(C)(C)C. The van der Waals surface area contributed by atoms with Gasteiger partial charge in [-0.1, -0.05) is 0 Å². The molecule has 7 nitrogen and oxygen atoms in total. The summed E-state index contributed by atoms with van der Waals surface area (Å²) in [5, 5.41) is 0. The zero-order valence-electron chi connectivity index (χ0n) is 13.3. The molecule has 1 heterocycles. The molecule has 0 bridgehead atoms. The maximum atomic E-state index is 12.2. The maximum Gasteiger partial charge on any atom is 0.411 e. The van der Waals surface area contributed by atoms with Crippen LogP contribution in [0.5, 0.6) is 0 Å². The molecule has 1 rings (SSSR count). The summed E-state index contributed by atoms with van der Waals surface area (Å²) in [5.41, 5.74) is -0.493. The molecular weight excluding hydrogens is 276 g/mol. The van der Waals surface area contributed by atoms with Gasteiger partial charge in [0, 0.05) is 25.9 Å². The van der Waals surface area contributed by atoms with E-state index in [0.29, 0.717) is 0 Å². The molecule has 1 atom stereocenters. The molecule has 1 aliphatic rings. The minimum Gasteiger partial charge on any atom is -0.467 e. The summed E-state index contributed by atoms with van der Waals surface area (Å²) in [4.78, 5) is 38.9. The number of carbonyl (C=O) groups is 3. The lowest BCUT2D eigenvalue weighted by Crippen LogP contribution is -2.44. The summed E-state index contributed by atoms with van der Waals surface area (Å²) < 4.78 is 9.94. The fourth-order valence-electron chi connectivity index (χ4n) is 1.93. The molecule has 0 aromatic heterocycles. The predicted molar refractivity (Wildman–Crippen MR) is 75.5 cm³/mol. The third-order valence-electron chi connectivity index (χ3n) is 2.69. The lowest BCUT2D eigenvalue weighted by atomic mass is 10.1. The predicted octanol–water partition coefficient (Wildman–Crippen LogP) is 0.793. The van der Waals surface area contributed by atoms with E-state index in [2.05, 4.69) is 0 Å². The molecular formula is C14H22N2O5. The molecule has 118 valence electrons. The highest BCUT2D eigenvalue weighted by atomic mass is 16.6. The third-order valence-corrected chi connectivity index (χ3v) is 2.69. The number of rotatable bonds is 2. The largest absolute Gasteiger partial charge is 0.467 e. The zero-order valence-corrected chi connectivity index (χ0v) is 13.3. The van der Waals surface area contributed by atoms with Gasteiger partial charge in [0.2, 0.25) is 0 Å². The zero-order chi connectivity index (χ0) is 16.4. The van der Waals surface area contributed by atoms with Crippen LogP contribution in [0.4, 0.5) is 4.79 Å². The van der Waals surface area contributed by atoms with E-state index in [1.54, 1.807) is 39.8 Å². The first-order valence-corrected chi connectivity index (χ1v) is 6.55. The van der Waals surface area contributed by atoms with Crippen LogP contribution in [0, 0.1) is 0 Å². The van der Waals surface area contributed by atoms with Crippen LogP contribution >= 0.6 is 0 Å². The van der Waals surface area contributed by atoms with Crippen LogP contribution in [-0.2, 0) is 19.1 Å². The lowest BCUT2D eigenvalue weighted by molar-refractivity contribution is -0.144. The molecule has 0 unspecified atom stereocenters. The quantitative estimate of drug-likeness (QED) is 0.554. The van der Waals surface area contributed by atoms with Crippen LogP contribution in [0.1, 0.15) is 20.8 Å². The Balaban J connectivity index is 3.12. The van der Waals surface area contributed by atoms with E-state index >= 15 is 0 Å². The number of methoxy groups -OCH3 is 1. The van der Waals surface area contributed by atoms with Gasteiger partial charge in [-0.05, 0) is 20.8 Å². The number of amides is 1. The van der Waals surface area contributed by atoms with Gasteiger partial charge in [-0.15, -0.1) is 0 Å². The van der Waals surface area contributed by atoms with Crippen LogP contribution in [0.2, 0.25) is 0 Å². The van der Waals surface area contributed by atoms with Crippen molar-refractivity contribution in [3.8, 4) is 0 Å². The van der Waals surface area contributed by atoms with Crippen molar-refractivity contribution in [1.29, 1.82) is 0 Å². The second-order valence-corrected chi connectivity index (χ2v) is 6.01. The summed E-state index contributed by atoms with van der Waals surface area (Å²) in [5.74, 6) is -0.968. The van der Waals surface area contributed by atoms with E-state index in [-0.39, 0.29) is 17.9 Å². The van der Waals surface area contributed by atoms with Gasteiger partial charge >= 0.3 is 12.1 Å². The fraction of sp³-hybridized carbons (Fsp3) is 0.643. The van der Waals surface area contributed by atoms with E-state index in [4.69, 9.17) is 9.47 Å². The molecule has 0 radical (unpaired) electrons. The second-order valence-electron chi connectivity index (χ2n) is 6.01. The number of esters is 1. The van der Waals surface area contributed by atoms with E-state index in [1.165, 1.54) is 13.3 Å². The molecule has 0 saturated carbocycles. The van der Waals surface area contributed by atoms with Gasteiger partial charge in [0.15, 0.2) is 11.8 Å². The Morgan fingerprint density at radius 3 is 2.33 bits per heavy atom. The highest BCUT2D eigenvalue weighted by Gasteiger charge is 2.45. The van der Waals surface area contributed by atoms with Crippen molar-refractivity contribution < 1.29 is 23.9 Å². The van der Waals surface area contributed by atoms with Gasteiger partial charge in [-0.2, -0.15) is 0 Å². The molecule has 0 aromatic carbocycles. The monoisotopic (exact) mass is 298 g/mol. The van der Waals surface area contributed by atoms with Crippen LogP contribution in [0.3, 0.4) is 0 Å². The number of carbonyl (C=O) groups excluding carboxylic acids is 3. The van der Waals surface area contributed by atoms with Gasteiger partial charge in [0.05, 0.1) is 13.7 Å². The topological polar surface area (TPSA) is 76.2 Å². The summed E-state index contributed by atoms with van der Waals surface area (Å²) >= 11 is 0. The van der Waals surface area contributed by atoms with Crippen molar-refractivity contribution in [3.63, 3.8) is 0 Å². The second kappa shape index (κ2) is 6.15. The van der Waals surface area contributed by atoms with Crippen molar-refractivity contribution >= 4 is 17.8 Å². The van der Waals surface area contributed by atoms with Gasteiger partial charge in [-0.3, -0.25) is 9.69 Å². The Hall–Kier alpha value is -2.05. The van der Waals surface area contributed by atoms with Crippen LogP contribution < -0.4 is 0 Å². The highest BCUT2D eigenvalue weighted by Crippen LogP contribution is 2.24. The van der Waals surface area contributed by atoms with Crippen molar-refractivity contribution in [2.24, 2.45) is 0 Å². The van der Waals surface area contributed by atoms with Crippen molar-refractivity contribution in [3.05, 3.63) is 11.8 Å². The van der Waals surface area contributed by atoms with Crippen molar-refractivity contribution in [2.45, 2.75) is 32.4 Å². The first-order chi connectivity index (χ1) is 9.56. The first kappa shape index (κ1) is 17.0. The third kappa shape index (κ3) is 4.21. The Bertz CT molecular complexity index is 476.